The molecule has 1 aromatic carbocycles. The third-order valence-electron chi connectivity index (χ3n) is 2.67. The number of halogens is 1. The second-order valence-electron chi connectivity index (χ2n) is 3.96. The van der Waals surface area contributed by atoms with E-state index in [0.717, 1.165) is 12.8 Å². The van der Waals surface area contributed by atoms with Crippen LogP contribution in [0.4, 0.5) is 10.1 Å². The topological polar surface area (TPSA) is 47.3 Å². The fourth-order valence-corrected chi connectivity index (χ4v) is 1.82. The summed E-state index contributed by atoms with van der Waals surface area (Å²) in [5.41, 5.74) is 1.01. The molecule has 1 fully saturated rings. The van der Waals surface area contributed by atoms with Gasteiger partial charge in [0, 0.05) is 18.3 Å². The van der Waals surface area contributed by atoms with Gasteiger partial charge in [-0.15, -0.1) is 0 Å². The van der Waals surface area contributed by atoms with Crippen LogP contribution in [0.3, 0.4) is 0 Å². The van der Waals surface area contributed by atoms with Crippen molar-refractivity contribution in [3.05, 3.63) is 29.6 Å². The molecule has 1 N–H and O–H groups in total. The summed E-state index contributed by atoms with van der Waals surface area (Å²) in [4.78, 5) is 1.96. The number of hydrogen-bond acceptors (Lipinski definition) is 3. The number of hydrogen-bond donors (Lipinski definition) is 1. The molecule has 0 saturated heterocycles. The normalized spacial score (nSPS) is 14.6. The Balaban J connectivity index is 2.29. The first-order valence-corrected chi connectivity index (χ1v) is 5.33. The zero-order chi connectivity index (χ0) is 11.5. The van der Waals surface area contributed by atoms with Gasteiger partial charge in [0.25, 0.3) is 0 Å². The van der Waals surface area contributed by atoms with Crippen LogP contribution in [-0.4, -0.2) is 24.3 Å². The van der Waals surface area contributed by atoms with Crippen LogP contribution in [0.25, 0.3) is 0 Å². The summed E-state index contributed by atoms with van der Waals surface area (Å²) in [5.74, 6) is -0.405. The second kappa shape index (κ2) is 4.50. The van der Waals surface area contributed by atoms with E-state index >= 15 is 0 Å². The van der Waals surface area contributed by atoms with Crippen molar-refractivity contribution in [1.82, 2.24) is 0 Å². The summed E-state index contributed by atoms with van der Waals surface area (Å²) in [6.07, 6.45) is 2.14. The molecule has 0 amide bonds. The quantitative estimate of drug-likeness (QED) is 0.839. The molecule has 0 spiro atoms. The lowest BCUT2D eigenvalue weighted by Gasteiger charge is -2.23. The maximum absolute atomic E-state index is 13.3. The van der Waals surface area contributed by atoms with E-state index in [2.05, 4.69) is 0 Å². The van der Waals surface area contributed by atoms with Crippen molar-refractivity contribution < 1.29 is 9.50 Å². The van der Waals surface area contributed by atoms with Crippen molar-refractivity contribution in [2.24, 2.45) is 0 Å². The van der Waals surface area contributed by atoms with Crippen molar-refractivity contribution in [1.29, 1.82) is 5.26 Å². The highest BCUT2D eigenvalue weighted by Gasteiger charge is 2.29. The maximum atomic E-state index is 13.3. The van der Waals surface area contributed by atoms with Crippen LogP contribution in [0.2, 0.25) is 0 Å². The molecule has 84 valence electrons. The van der Waals surface area contributed by atoms with E-state index in [1.54, 1.807) is 6.07 Å². The number of nitrogens with zero attached hydrogens (tertiary/aromatic N) is 2. The minimum absolute atomic E-state index is 0.0366. The van der Waals surface area contributed by atoms with Crippen LogP contribution < -0.4 is 4.90 Å². The molecule has 3 nitrogen and oxygen atoms in total. The summed E-state index contributed by atoms with van der Waals surface area (Å²) in [6, 6.07) is 6.62. The van der Waals surface area contributed by atoms with Gasteiger partial charge in [-0.2, -0.15) is 5.26 Å². The van der Waals surface area contributed by atoms with E-state index in [1.807, 2.05) is 11.0 Å². The Morgan fingerprint density at radius 1 is 1.44 bits per heavy atom. The molecule has 0 heterocycles. The van der Waals surface area contributed by atoms with Gasteiger partial charge in [0.1, 0.15) is 5.82 Å². The largest absolute Gasteiger partial charge is 0.395 e. The molecule has 1 aliphatic carbocycles. The van der Waals surface area contributed by atoms with Gasteiger partial charge in [-0.1, -0.05) is 0 Å². The number of rotatable bonds is 4. The van der Waals surface area contributed by atoms with Gasteiger partial charge in [0.05, 0.1) is 18.2 Å². The van der Waals surface area contributed by atoms with Crippen LogP contribution in [0.15, 0.2) is 18.2 Å². The molecule has 2 rings (SSSR count). The molecule has 0 aliphatic heterocycles. The highest BCUT2D eigenvalue weighted by molar-refractivity contribution is 5.53. The third-order valence-corrected chi connectivity index (χ3v) is 2.67. The van der Waals surface area contributed by atoms with E-state index in [0.29, 0.717) is 23.8 Å². The highest BCUT2D eigenvalue weighted by atomic mass is 19.1. The monoisotopic (exact) mass is 220 g/mol. The van der Waals surface area contributed by atoms with Gasteiger partial charge in [0.15, 0.2) is 0 Å². The molecular weight excluding hydrogens is 207 g/mol. The van der Waals surface area contributed by atoms with Crippen molar-refractivity contribution in [2.75, 3.05) is 18.1 Å². The molecule has 0 unspecified atom stereocenters. The van der Waals surface area contributed by atoms with Gasteiger partial charge in [0.2, 0.25) is 0 Å². The zero-order valence-electron chi connectivity index (χ0n) is 8.86. The van der Waals surface area contributed by atoms with Gasteiger partial charge in [-0.05, 0) is 31.0 Å². The van der Waals surface area contributed by atoms with Gasteiger partial charge >= 0.3 is 0 Å². The van der Waals surface area contributed by atoms with Crippen LogP contribution in [0, 0.1) is 17.1 Å². The predicted octanol–water partition coefficient (Wildman–Crippen LogP) is 1.66. The maximum Gasteiger partial charge on any atom is 0.126 e. The number of nitriles is 1. The molecular formula is C12H13FN2O. The van der Waals surface area contributed by atoms with E-state index in [-0.39, 0.29) is 6.61 Å². The molecule has 0 radical (unpaired) electrons. The summed E-state index contributed by atoms with van der Waals surface area (Å²) in [6.45, 7) is 0.522. The first-order valence-electron chi connectivity index (χ1n) is 5.33. The molecule has 0 atom stereocenters. The standard InChI is InChI=1S/C12H13FN2O/c13-10-5-9(8-14)6-12(7-10)15(3-4-16)11-1-2-11/h5-7,11,16H,1-4H2. The molecule has 4 heteroatoms. The van der Waals surface area contributed by atoms with E-state index in [1.165, 1.54) is 12.1 Å². The number of aliphatic hydroxyl groups is 1. The van der Waals surface area contributed by atoms with Crippen molar-refractivity contribution in [2.45, 2.75) is 18.9 Å². The van der Waals surface area contributed by atoms with Gasteiger partial charge in [-0.3, -0.25) is 0 Å². The first kappa shape index (κ1) is 10.9. The number of anilines is 1. The van der Waals surface area contributed by atoms with Crippen molar-refractivity contribution >= 4 is 5.69 Å². The highest BCUT2D eigenvalue weighted by Crippen LogP contribution is 2.32. The van der Waals surface area contributed by atoms with Crippen LogP contribution in [0.5, 0.6) is 0 Å². The van der Waals surface area contributed by atoms with Crippen molar-refractivity contribution in [3.8, 4) is 6.07 Å². The average Bonchev–Trinajstić information content (AvgIpc) is 3.08. The minimum atomic E-state index is -0.405. The Hall–Kier alpha value is -1.60. The van der Waals surface area contributed by atoms with Gasteiger partial charge < -0.3 is 10.0 Å². The van der Waals surface area contributed by atoms with Crippen LogP contribution in [0.1, 0.15) is 18.4 Å². The molecule has 0 bridgehead atoms. The fraction of sp³-hybridized carbons (Fsp3) is 0.417. The Morgan fingerprint density at radius 2 is 2.19 bits per heavy atom. The fourth-order valence-electron chi connectivity index (χ4n) is 1.82. The second-order valence-corrected chi connectivity index (χ2v) is 3.96. The lowest BCUT2D eigenvalue weighted by atomic mass is 10.2. The van der Waals surface area contributed by atoms with Gasteiger partial charge in [-0.25, -0.2) is 4.39 Å². The molecule has 1 saturated carbocycles. The molecule has 1 aromatic rings. The van der Waals surface area contributed by atoms with E-state index in [9.17, 15) is 4.39 Å². The zero-order valence-corrected chi connectivity index (χ0v) is 8.86. The average molecular weight is 220 g/mol. The molecule has 16 heavy (non-hydrogen) atoms. The SMILES string of the molecule is N#Cc1cc(F)cc(N(CCO)C2CC2)c1. The lowest BCUT2D eigenvalue weighted by Crippen LogP contribution is -2.28. The summed E-state index contributed by atoms with van der Waals surface area (Å²) in [7, 11) is 0. The summed E-state index contributed by atoms with van der Waals surface area (Å²) < 4.78 is 13.3. The minimum Gasteiger partial charge on any atom is -0.395 e. The van der Waals surface area contributed by atoms with Crippen molar-refractivity contribution in [3.63, 3.8) is 0 Å². The number of aliphatic hydroxyl groups excluding tert-OH is 1. The predicted molar refractivity (Wildman–Crippen MR) is 58.6 cm³/mol. The Kier molecular flexibility index (Phi) is 3.07. The van der Waals surface area contributed by atoms with E-state index < -0.39 is 5.82 Å². The Bertz CT molecular complexity index is 424. The molecule has 0 aromatic heterocycles. The Morgan fingerprint density at radius 3 is 2.75 bits per heavy atom. The number of benzene rings is 1. The van der Waals surface area contributed by atoms with Crippen LogP contribution in [-0.2, 0) is 0 Å². The third kappa shape index (κ3) is 2.31. The molecule has 1 aliphatic rings. The smallest absolute Gasteiger partial charge is 0.126 e. The summed E-state index contributed by atoms with van der Waals surface area (Å²) >= 11 is 0. The lowest BCUT2D eigenvalue weighted by molar-refractivity contribution is 0.301. The van der Waals surface area contributed by atoms with E-state index in [4.69, 9.17) is 10.4 Å². The van der Waals surface area contributed by atoms with Crippen LogP contribution >= 0.6 is 0 Å². The first-order chi connectivity index (χ1) is 7.74. The summed E-state index contributed by atoms with van der Waals surface area (Å²) in [5, 5.41) is 17.7. The Labute approximate surface area is 93.7 Å².